The molecule has 0 aromatic carbocycles. The van der Waals surface area contributed by atoms with Gasteiger partial charge in [-0.15, -0.1) is 0 Å². The molecule has 0 fully saturated rings. The van der Waals surface area contributed by atoms with Gasteiger partial charge >= 0.3 is 0 Å². The van der Waals surface area contributed by atoms with Crippen LogP contribution in [0.2, 0.25) is 0 Å². The quantitative estimate of drug-likeness (QED) is 0.676. The minimum atomic E-state index is 0.120. The van der Waals surface area contributed by atoms with Crippen LogP contribution in [0.5, 0.6) is 0 Å². The molecule has 0 radical (unpaired) electrons. The lowest BCUT2D eigenvalue weighted by molar-refractivity contribution is 0.503. The summed E-state index contributed by atoms with van der Waals surface area (Å²) in [4.78, 5) is 8.16. The Morgan fingerprint density at radius 3 is 3.46 bits per heavy atom. The van der Waals surface area contributed by atoms with Gasteiger partial charge in [0.05, 0.1) is 12.5 Å². The molecule has 1 unspecified atom stereocenters. The molecular formula is C9H10N4. The highest BCUT2D eigenvalue weighted by molar-refractivity contribution is 5.24. The van der Waals surface area contributed by atoms with Crippen molar-refractivity contribution < 1.29 is 0 Å². The Bertz CT molecular complexity index is 342. The number of hydrogen-bond donors (Lipinski definition) is 1. The van der Waals surface area contributed by atoms with E-state index in [1.807, 2.05) is 0 Å². The van der Waals surface area contributed by atoms with Crippen LogP contribution in [-0.4, -0.2) is 16.5 Å². The van der Waals surface area contributed by atoms with Crippen molar-refractivity contribution in [1.29, 1.82) is 5.26 Å². The van der Waals surface area contributed by atoms with Crippen LogP contribution in [0.25, 0.3) is 0 Å². The molecule has 66 valence electrons. The zero-order chi connectivity index (χ0) is 9.10. The normalized spacial score (nSPS) is 20.4. The van der Waals surface area contributed by atoms with Gasteiger partial charge in [-0.05, 0) is 0 Å². The van der Waals surface area contributed by atoms with Crippen molar-refractivity contribution in [2.45, 2.75) is 18.9 Å². The average Bonchev–Trinajstić information content (AvgIpc) is 2.19. The SMILES string of the molecule is N#CCC1NCCc2ncncc21. The fraction of sp³-hybridized carbons (Fsp3) is 0.444. The number of nitrogens with zero attached hydrogens (tertiary/aromatic N) is 3. The van der Waals surface area contributed by atoms with E-state index in [1.54, 1.807) is 12.5 Å². The molecule has 4 nitrogen and oxygen atoms in total. The molecule has 1 aromatic heterocycles. The fourth-order valence-electron chi connectivity index (χ4n) is 1.61. The minimum absolute atomic E-state index is 0.120. The van der Waals surface area contributed by atoms with Crippen LogP contribution in [0.1, 0.15) is 23.7 Å². The van der Waals surface area contributed by atoms with E-state index < -0.39 is 0 Å². The molecular weight excluding hydrogens is 164 g/mol. The number of nitriles is 1. The van der Waals surface area contributed by atoms with Gasteiger partial charge in [-0.2, -0.15) is 5.26 Å². The largest absolute Gasteiger partial charge is 0.309 e. The Labute approximate surface area is 76.6 Å². The first-order valence-electron chi connectivity index (χ1n) is 4.31. The van der Waals surface area contributed by atoms with Crippen molar-refractivity contribution in [1.82, 2.24) is 15.3 Å². The highest BCUT2D eigenvalue weighted by Crippen LogP contribution is 2.21. The van der Waals surface area contributed by atoms with Gasteiger partial charge in [0, 0.05) is 36.5 Å². The Kier molecular flexibility index (Phi) is 2.19. The van der Waals surface area contributed by atoms with E-state index in [2.05, 4.69) is 21.4 Å². The molecule has 4 heteroatoms. The first-order chi connectivity index (χ1) is 6.42. The molecule has 0 saturated carbocycles. The number of rotatable bonds is 1. The first-order valence-corrected chi connectivity index (χ1v) is 4.31. The van der Waals surface area contributed by atoms with Gasteiger partial charge < -0.3 is 5.32 Å². The molecule has 0 spiro atoms. The van der Waals surface area contributed by atoms with Gasteiger partial charge in [0.25, 0.3) is 0 Å². The molecule has 0 amide bonds. The van der Waals surface area contributed by atoms with Crippen molar-refractivity contribution in [3.63, 3.8) is 0 Å². The smallest absolute Gasteiger partial charge is 0.115 e. The van der Waals surface area contributed by atoms with Gasteiger partial charge in [0.15, 0.2) is 0 Å². The molecule has 1 aliphatic heterocycles. The molecule has 1 atom stereocenters. The van der Waals surface area contributed by atoms with E-state index in [1.165, 1.54) is 0 Å². The van der Waals surface area contributed by atoms with Crippen molar-refractivity contribution in [3.8, 4) is 6.07 Å². The third kappa shape index (κ3) is 1.51. The van der Waals surface area contributed by atoms with Gasteiger partial charge in [-0.25, -0.2) is 9.97 Å². The highest BCUT2D eigenvalue weighted by Gasteiger charge is 2.19. The van der Waals surface area contributed by atoms with Gasteiger partial charge in [0.2, 0.25) is 0 Å². The summed E-state index contributed by atoms with van der Waals surface area (Å²) in [5.74, 6) is 0. The summed E-state index contributed by atoms with van der Waals surface area (Å²) >= 11 is 0. The third-order valence-corrected chi connectivity index (χ3v) is 2.25. The Morgan fingerprint density at radius 1 is 1.69 bits per heavy atom. The van der Waals surface area contributed by atoms with Crippen LogP contribution in [0.3, 0.4) is 0 Å². The maximum atomic E-state index is 8.61. The van der Waals surface area contributed by atoms with Crippen LogP contribution in [-0.2, 0) is 6.42 Å². The average molecular weight is 174 g/mol. The van der Waals surface area contributed by atoms with Gasteiger partial charge in [-0.3, -0.25) is 0 Å². The first kappa shape index (κ1) is 8.14. The summed E-state index contributed by atoms with van der Waals surface area (Å²) in [6, 6.07) is 2.28. The van der Waals surface area contributed by atoms with Gasteiger partial charge in [0.1, 0.15) is 6.33 Å². The molecule has 0 bridgehead atoms. The Morgan fingerprint density at radius 2 is 2.62 bits per heavy atom. The van der Waals surface area contributed by atoms with E-state index in [0.717, 1.165) is 24.2 Å². The standard InChI is InChI=1S/C9H10N4/c10-3-1-8-7-5-11-6-13-9(7)2-4-12-8/h5-6,8,12H,1-2,4H2. The van der Waals surface area contributed by atoms with Crippen LogP contribution < -0.4 is 5.32 Å². The fourth-order valence-corrected chi connectivity index (χ4v) is 1.61. The van der Waals surface area contributed by atoms with Crippen LogP contribution >= 0.6 is 0 Å². The zero-order valence-electron chi connectivity index (χ0n) is 7.20. The summed E-state index contributed by atoms with van der Waals surface area (Å²) in [5.41, 5.74) is 2.16. The predicted octanol–water partition coefficient (Wildman–Crippen LogP) is 0.577. The lowest BCUT2D eigenvalue weighted by Gasteiger charge is -2.23. The lowest BCUT2D eigenvalue weighted by Crippen LogP contribution is -2.30. The second kappa shape index (κ2) is 3.50. The van der Waals surface area contributed by atoms with Crippen molar-refractivity contribution >= 4 is 0 Å². The van der Waals surface area contributed by atoms with Crippen LogP contribution in [0.4, 0.5) is 0 Å². The van der Waals surface area contributed by atoms with Gasteiger partial charge in [-0.1, -0.05) is 0 Å². The molecule has 0 saturated heterocycles. The summed E-state index contributed by atoms with van der Waals surface area (Å²) < 4.78 is 0. The van der Waals surface area contributed by atoms with E-state index in [0.29, 0.717) is 6.42 Å². The molecule has 1 aromatic rings. The maximum Gasteiger partial charge on any atom is 0.115 e. The number of nitrogens with one attached hydrogen (secondary N) is 1. The third-order valence-electron chi connectivity index (χ3n) is 2.25. The maximum absolute atomic E-state index is 8.61. The topological polar surface area (TPSA) is 61.6 Å². The lowest BCUT2D eigenvalue weighted by atomic mass is 9.99. The summed E-state index contributed by atoms with van der Waals surface area (Å²) in [5, 5.41) is 11.9. The molecule has 1 aliphatic rings. The summed E-state index contributed by atoms with van der Waals surface area (Å²) in [6.45, 7) is 0.899. The van der Waals surface area contributed by atoms with Crippen LogP contribution in [0.15, 0.2) is 12.5 Å². The molecule has 0 aliphatic carbocycles. The summed E-state index contributed by atoms with van der Waals surface area (Å²) in [7, 11) is 0. The van der Waals surface area contributed by atoms with E-state index in [9.17, 15) is 0 Å². The van der Waals surface area contributed by atoms with Crippen LogP contribution in [0, 0.1) is 11.3 Å². The number of hydrogen-bond acceptors (Lipinski definition) is 4. The van der Waals surface area contributed by atoms with E-state index in [4.69, 9.17) is 5.26 Å². The molecule has 1 N–H and O–H groups in total. The van der Waals surface area contributed by atoms with Crippen molar-refractivity contribution in [2.24, 2.45) is 0 Å². The molecule has 2 rings (SSSR count). The van der Waals surface area contributed by atoms with E-state index >= 15 is 0 Å². The number of fused-ring (bicyclic) bond motifs is 1. The molecule has 2 heterocycles. The summed E-state index contributed by atoms with van der Waals surface area (Å²) in [6.07, 6.45) is 4.78. The molecule has 13 heavy (non-hydrogen) atoms. The monoisotopic (exact) mass is 174 g/mol. The highest BCUT2D eigenvalue weighted by atomic mass is 15.0. The Balaban J connectivity index is 2.32. The number of aromatic nitrogens is 2. The minimum Gasteiger partial charge on any atom is -0.309 e. The second-order valence-corrected chi connectivity index (χ2v) is 3.04. The Hall–Kier alpha value is -1.47. The predicted molar refractivity (Wildman–Crippen MR) is 46.7 cm³/mol. The van der Waals surface area contributed by atoms with Crippen molar-refractivity contribution in [2.75, 3.05) is 6.54 Å². The van der Waals surface area contributed by atoms with E-state index in [-0.39, 0.29) is 6.04 Å². The zero-order valence-corrected chi connectivity index (χ0v) is 7.20. The van der Waals surface area contributed by atoms with Crippen molar-refractivity contribution in [3.05, 3.63) is 23.8 Å². The second-order valence-electron chi connectivity index (χ2n) is 3.04.